The Hall–Kier alpha value is -3.51. The molecule has 2 aliphatic rings. The smallest absolute Gasteiger partial charge is 0.305 e. The van der Waals surface area contributed by atoms with Gasteiger partial charge in [0, 0.05) is 32.4 Å². The molecular weight excluding hydrogens is 424 g/mol. The quantitative estimate of drug-likeness (QED) is 0.504. The minimum Gasteiger partial charge on any atom is -0.305 e. The topological polar surface area (TPSA) is 56.8 Å². The number of benzene rings is 2. The van der Waals surface area contributed by atoms with Crippen LogP contribution in [-0.4, -0.2) is 56.8 Å². The molecule has 0 saturated carbocycles. The maximum absolute atomic E-state index is 13.8. The van der Waals surface area contributed by atoms with Gasteiger partial charge in [0.05, 0.1) is 12.2 Å². The molecule has 2 saturated heterocycles. The van der Waals surface area contributed by atoms with Gasteiger partial charge in [-0.05, 0) is 42.5 Å². The Morgan fingerprint density at radius 3 is 2.06 bits per heavy atom. The number of carbonyl (C=O) groups excluding carboxylic acids is 2. The van der Waals surface area contributed by atoms with Gasteiger partial charge in [-0.3, -0.25) is 14.7 Å². The SMILES string of the molecule is O=C1N(Cc2ccccn2)C(=O)C2(CCN(CCc3ccccc3)CC2)N1Cc1ccccc1. The number of rotatable bonds is 7. The van der Waals surface area contributed by atoms with Crippen molar-refractivity contribution in [3.8, 4) is 0 Å². The molecule has 6 nitrogen and oxygen atoms in total. The third-order valence-electron chi connectivity index (χ3n) is 7.09. The van der Waals surface area contributed by atoms with Gasteiger partial charge in [-0.1, -0.05) is 66.7 Å². The zero-order valence-electron chi connectivity index (χ0n) is 19.3. The van der Waals surface area contributed by atoms with Gasteiger partial charge in [0.25, 0.3) is 5.91 Å². The molecule has 0 N–H and O–H groups in total. The molecule has 1 aromatic heterocycles. The Kier molecular flexibility index (Phi) is 6.41. The minimum absolute atomic E-state index is 0.0817. The summed E-state index contributed by atoms with van der Waals surface area (Å²) < 4.78 is 0. The van der Waals surface area contributed by atoms with Crippen LogP contribution in [0.25, 0.3) is 0 Å². The summed E-state index contributed by atoms with van der Waals surface area (Å²) >= 11 is 0. The van der Waals surface area contributed by atoms with Crippen LogP contribution in [0.15, 0.2) is 85.1 Å². The number of pyridine rings is 1. The zero-order valence-corrected chi connectivity index (χ0v) is 19.3. The van der Waals surface area contributed by atoms with Gasteiger partial charge in [0.2, 0.25) is 0 Å². The van der Waals surface area contributed by atoms with E-state index in [4.69, 9.17) is 0 Å². The van der Waals surface area contributed by atoms with Gasteiger partial charge in [-0.15, -0.1) is 0 Å². The fourth-order valence-electron chi connectivity index (χ4n) is 5.12. The molecule has 6 heteroatoms. The van der Waals surface area contributed by atoms with Crippen LogP contribution in [0.4, 0.5) is 4.79 Å². The van der Waals surface area contributed by atoms with Crippen molar-refractivity contribution in [2.45, 2.75) is 37.9 Å². The van der Waals surface area contributed by atoms with Crippen molar-refractivity contribution in [3.05, 3.63) is 102 Å². The molecule has 0 unspecified atom stereocenters. The molecule has 174 valence electrons. The van der Waals surface area contributed by atoms with Crippen molar-refractivity contribution in [1.82, 2.24) is 19.7 Å². The average molecular weight is 455 g/mol. The molecule has 34 heavy (non-hydrogen) atoms. The summed E-state index contributed by atoms with van der Waals surface area (Å²) in [5, 5.41) is 0. The number of urea groups is 1. The fourth-order valence-corrected chi connectivity index (χ4v) is 5.12. The van der Waals surface area contributed by atoms with Gasteiger partial charge in [0.15, 0.2) is 0 Å². The molecular formula is C28H30N4O2. The normalized spacial score (nSPS) is 18.1. The Morgan fingerprint density at radius 2 is 1.41 bits per heavy atom. The molecule has 2 aliphatic heterocycles. The highest BCUT2D eigenvalue weighted by Gasteiger charge is 2.57. The second-order valence-corrected chi connectivity index (χ2v) is 9.18. The summed E-state index contributed by atoms with van der Waals surface area (Å²) in [7, 11) is 0. The number of imide groups is 1. The van der Waals surface area contributed by atoms with E-state index in [-0.39, 0.29) is 18.5 Å². The zero-order chi connectivity index (χ0) is 23.4. The maximum Gasteiger partial charge on any atom is 0.328 e. The van der Waals surface area contributed by atoms with Crippen molar-refractivity contribution < 1.29 is 9.59 Å². The molecule has 0 bridgehead atoms. The highest BCUT2D eigenvalue weighted by atomic mass is 16.2. The van der Waals surface area contributed by atoms with Gasteiger partial charge in [-0.2, -0.15) is 0 Å². The summed E-state index contributed by atoms with van der Waals surface area (Å²) in [5.74, 6) is -0.0817. The van der Waals surface area contributed by atoms with Crippen LogP contribution >= 0.6 is 0 Å². The molecule has 3 heterocycles. The Morgan fingerprint density at radius 1 is 0.765 bits per heavy atom. The third kappa shape index (κ3) is 4.46. The van der Waals surface area contributed by atoms with Crippen LogP contribution in [0.1, 0.15) is 29.7 Å². The van der Waals surface area contributed by atoms with Gasteiger partial charge in [-0.25, -0.2) is 4.79 Å². The largest absolute Gasteiger partial charge is 0.328 e. The number of carbonyl (C=O) groups is 2. The second kappa shape index (κ2) is 9.77. The molecule has 0 atom stereocenters. The number of nitrogens with zero attached hydrogens (tertiary/aromatic N) is 4. The molecule has 0 radical (unpaired) electrons. The van der Waals surface area contributed by atoms with E-state index < -0.39 is 5.54 Å². The lowest BCUT2D eigenvalue weighted by Crippen LogP contribution is -2.56. The Labute approximate surface area is 200 Å². The number of aromatic nitrogens is 1. The standard InChI is InChI=1S/C28H30N4O2/c33-26-28(15-19-30(20-16-28)18-14-23-9-3-1-4-10-23)32(21-24-11-5-2-6-12-24)27(34)31(26)22-25-13-7-8-17-29-25/h1-13,17H,14-16,18-22H2. The van der Waals surface area contributed by atoms with E-state index in [1.807, 2.05) is 59.5 Å². The fraction of sp³-hybridized carbons (Fsp3) is 0.321. The molecule has 2 fully saturated rings. The van der Waals surface area contributed by atoms with E-state index >= 15 is 0 Å². The lowest BCUT2D eigenvalue weighted by Gasteiger charge is -2.42. The van der Waals surface area contributed by atoms with Crippen LogP contribution in [0.2, 0.25) is 0 Å². The van der Waals surface area contributed by atoms with Gasteiger partial charge >= 0.3 is 6.03 Å². The number of hydrogen-bond acceptors (Lipinski definition) is 4. The first-order valence-electron chi connectivity index (χ1n) is 12.0. The highest BCUT2D eigenvalue weighted by Crippen LogP contribution is 2.39. The van der Waals surface area contributed by atoms with Crippen LogP contribution in [-0.2, 0) is 24.3 Å². The Balaban J connectivity index is 1.34. The van der Waals surface area contributed by atoms with E-state index in [9.17, 15) is 9.59 Å². The van der Waals surface area contributed by atoms with E-state index in [2.05, 4.69) is 34.1 Å². The summed E-state index contributed by atoms with van der Waals surface area (Å²) in [5.41, 5.74) is 2.29. The lowest BCUT2D eigenvalue weighted by atomic mass is 9.85. The van der Waals surface area contributed by atoms with Gasteiger partial charge in [0.1, 0.15) is 5.54 Å². The van der Waals surface area contributed by atoms with E-state index in [0.29, 0.717) is 19.4 Å². The van der Waals surface area contributed by atoms with Crippen LogP contribution in [0.3, 0.4) is 0 Å². The van der Waals surface area contributed by atoms with Crippen LogP contribution in [0, 0.1) is 0 Å². The monoisotopic (exact) mass is 454 g/mol. The third-order valence-corrected chi connectivity index (χ3v) is 7.09. The first-order valence-corrected chi connectivity index (χ1v) is 12.0. The van der Waals surface area contributed by atoms with Crippen molar-refractivity contribution in [2.24, 2.45) is 0 Å². The number of hydrogen-bond donors (Lipinski definition) is 0. The number of amides is 3. The van der Waals surface area contributed by atoms with Crippen molar-refractivity contribution in [3.63, 3.8) is 0 Å². The predicted molar refractivity (Wildman–Crippen MR) is 131 cm³/mol. The summed E-state index contributed by atoms with van der Waals surface area (Å²) in [6, 6.07) is 25.8. The molecule has 1 spiro atoms. The van der Waals surface area contributed by atoms with E-state index in [0.717, 1.165) is 37.3 Å². The van der Waals surface area contributed by atoms with E-state index in [1.54, 1.807) is 6.20 Å². The first-order chi connectivity index (χ1) is 16.7. The van der Waals surface area contributed by atoms with Crippen molar-refractivity contribution >= 4 is 11.9 Å². The highest BCUT2D eigenvalue weighted by molar-refractivity contribution is 6.07. The van der Waals surface area contributed by atoms with Crippen LogP contribution in [0.5, 0.6) is 0 Å². The number of likely N-dealkylation sites (tertiary alicyclic amines) is 1. The second-order valence-electron chi connectivity index (χ2n) is 9.18. The predicted octanol–water partition coefficient (Wildman–Crippen LogP) is 4.12. The maximum atomic E-state index is 13.8. The van der Waals surface area contributed by atoms with Crippen LogP contribution < -0.4 is 0 Å². The Bertz CT molecular complexity index is 1110. The van der Waals surface area contributed by atoms with Gasteiger partial charge < -0.3 is 9.80 Å². The summed E-state index contributed by atoms with van der Waals surface area (Å²) in [6.45, 7) is 3.21. The van der Waals surface area contributed by atoms with Crippen molar-refractivity contribution in [2.75, 3.05) is 19.6 Å². The van der Waals surface area contributed by atoms with E-state index in [1.165, 1.54) is 10.5 Å². The molecule has 2 aromatic carbocycles. The summed E-state index contributed by atoms with van der Waals surface area (Å²) in [6.07, 6.45) is 3.99. The number of piperidine rings is 1. The molecule has 0 aliphatic carbocycles. The lowest BCUT2D eigenvalue weighted by molar-refractivity contribution is -0.136. The van der Waals surface area contributed by atoms with Crippen molar-refractivity contribution in [1.29, 1.82) is 0 Å². The summed E-state index contributed by atoms with van der Waals surface area (Å²) in [4.78, 5) is 37.4. The average Bonchev–Trinajstić information content (AvgIpc) is 3.07. The molecule has 3 amide bonds. The molecule has 5 rings (SSSR count). The minimum atomic E-state index is -0.787. The first kappa shape index (κ1) is 22.3. The molecule has 3 aromatic rings.